The number of piperazine rings is 1. The molecule has 16 heteroatoms. The van der Waals surface area contributed by atoms with Gasteiger partial charge in [0.15, 0.2) is 17.4 Å². The molecular formula is C39H43F3N8O5. The van der Waals surface area contributed by atoms with Gasteiger partial charge < -0.3 is 20.7 Å². The molecule has 4 aromatic rings. The van der Waals surface area contributed by atoms with Crippen LogP contribution in [0.4, 0.5) is 24.5 Å². The first-order chi connectivity index (χ1) is 26.4. The summed E-state index contributed by atoms with van der Waals surface area (Å²) in [7, 11) is 1.71. The zero-order valence-electron chi connectivity index (χ0n) is 30.4. The number of nitrogens with one attached hydrogen (secondary N) is 3. The van der Waals surface area contributed by atoms with Crippen molar-refractivity contribution in [1.82, 2.24) is 29.7 Å². The molecule has 0 unspecified atom stereocenters. The lowest BCUT2D eigenvalue weighted by Gasteiger charge is -2.36. The number of nitrogens with zero attached hydrogens (tertiary/aromatic N) is 5. The Labute approximate surface area is 314 Å². The van der Waals surface area contributed by atoms with E-state index < -0.39 is 46.6 Å². The van der Waals surface area contributed by atoms with Crippen LogP contribution < -0.4 is 26.6 Å². The van der Waals surface area contributed by atoms with Gasteiger partial charge in [0.25, 0.3) is 5.91 Å². The van der Waals surface area contributed by atoms with E-state index >= 15 is 0 Å². The van der Waals surface area contributed by atoms with Crippen LogP contribution in [0.1, 0.15) is 66.1 Å². The summed E-state index contributed by atoms with van der Waals surface area (Å²) >= 11 is 0. The van der Waals surface area contributed by atoms with Crippen LogP contribution in [0.15, 0.2) is 47.3 Å². The number of phenolic OH excluding ortho intramolecular Hbond substituents is 1. The van der Waals surface area contributed by atoms with Gasteiger partial charge in [-0.25, -0.2) is 18.6 Å². The van der Waals surface area contributed by atoms with Crippen LogP contribution in [0, 0.1) is 23.4 Å². The van der Waals surface area contributed by atoms with Gasteiger partial charge in [-0.15, -0.1) is 0 Å². The van der Waals surface area contributed by atoms with E-state index in [9.17, 15) is 37.5 Å². The molecule has 1 aromatic heterocycles. The molecule has 3 amide bonds. The molecule has 4 heterocycles. The van der Waals surface area contributed by atoms with Gasteiger partial charge in [0, 0.05) is 71.0 Å². The standard InChI is InChI=1S/C39H43F3N8O5/c1-46-32-16-23(4-9-30(32)50(39(46)55)31-10-11-33(51)44-38(31)54)20-47-12-14-48(15-13-47)26-8-5-24-21-49(45-29(24)17-26)25-6-2-22(3-7-25)19-43-37(53)27-18-28(40)36(52)35(42)34(27)41/h4-5,8-9,16-18,22,25,31,45,52H,2-3,6-7,10-15,19-21H2,1H3,(H,43,53)(H,44,51,54)/t22?,25?,31-/m1/s1. The molecule has 0 spiro atoms. The smallest absolute Gasteiger partial charge is 0.329 e. The number of benzene rings is 3. The van der Waals surface area contributed by atoms with Crippen molar-refractivity contribution in [2.24, 2.45) is 13.0 Å². The molecule has 2 saturated heterocycles. The van der Waals surface area contributed by atoms with Crippen molar-refractivity contribution in [2.75, 3.05) is 43.0 Å². The lowest BCUT2D eigenvalue weighted by atomic mass is 9.85. The Bertz CT molecular complexity index is 2240. The maximum atomic E-state index is 14.1. The number of hydrazine groups is 1. The highest BCUT2D eigenvalue weighted by molar-refractivity contribution is 6.00. The lowest BCUT2D eigenvalue weighted by molar-refractivity contribution is -0.135. The van der Waals surface area contributed by atoms with E-state index in [1.165, 1.54) is 10.1 Å². The molecule has 3 fully saturated rings. The molecule has 4 aliphatic rings. The molecule has 1 aliphatic carbocycles. The van der Waals surface area contributed by atoms with E-state index in [0.717, 1.165) is 87.4 Å². The second-order valence-corrected chi connectivity index (χ2v) is 15.1. The first kappa shape index (κ1) is 36.6. The Hall–Kier alpha value is -5.35. The summed E-state index contributed by atoms with van der Waals surface area (Å²) in [4.78, 5) is 54.6. The number of hydrogen-bond donors (Lipinski definition) is 4. The van der Waals surface area contributed by atoms with Gasteiger partial charge in [0.1, 0.15) is 6.04 Å². The Morgan fingerprint density at radius 3 is 2.42 bits per heavy atom. The highest BCUT2D eigenvalue weighted by Gasteiger charge is 2.33. The number of imidazole rings is 1. The number of hydrogen-bond acceptors (Lipinski definition) is 9. The van der Waals surface area contributed by atoms with Gasteiger partial charge in [-0.3, -0.25) is 33.7 Å². The molecule has 55 heavy (non-hydrogen) atoms. The van der Waals surface area contributed by atoms with E-state index in [0.29, 0.717) is 24.0 Å². The number of imide groups is 1. The number of aryl methyl sites for hydroxylation is 1. The zero-order chi connectivity index (χ0) is 38.5. The first-order valence-corrected chi connectivity index (χ1v) is 18.8. The fourth-order valence-corrected chi connectivity index (χ4v) is 8.50. The molecule has 4 N–H and O–H groups in total. The summed E-state index contributed by atoms with van der Waals surface area (Å²) in [5, 5.41) is 16.5. The minimum atomic E-state index is -1.78. The van der Waals surface area contributed by atoms with Gasteiger partial charge in [-0.2, -0.15) is 4.39 Å². The van der Waals surface area contributed by atoms with Gasteiger partial charge >= 0.3 is 5.69 Å². The van der Waals surface area contributed by atoms with Gasteiger partial charge in [0.2, 0.25) is 17.6 Å². The normalized spacial score (nSPS) is 22.1. The van der Waals surface area contributed by atoms with Crippen molar-refractivity contribution in [3.8, 4) is 5.75 Å². The molecule has 13 nitrogen and oxygen atoms in total. The van der Waals surface area contributed by atoms with Crippen molar-refractivity contribution >= 4 is 40.1 Å². The topological polar surface area (TPSA) is 144 Å². The fourth-order valence-electron chi connectivity index (χ4n) is 8.50. The van der Waals surface area contributed by atoms with E-state index in [4.69, 9.17) is 0 Å². The Kier molecular flexibility index (Phi) is 9.79. The second-order valence-electron chi connectivity index (χ2n) is 15.1. The summed E-state index contributed by atoms with van der Waals surface area (Å²) in [6, 6.07) is 12.6. The summed E-state index contributed by atoms with van der Waals surface area (Å²) in [6.07, 6.45) is 3.94. The molecule has 290 valence electrons. The maximum absolute atomic E-state index is 14.1. The SMILES string of the molecule is Cn1c(=O)n([C@@H]2CCC(=O)NC2=O)c2ccc(CN3CCN(c4ccc5c(c4)NN(C4CCC(CNC(=O)c6cc(F)c(O)c(F)c6F)CC4)C5)CC3)cc21. The van der Waals surface area contributed by atoms with Crippen molar-refractivity contribution in [3.63, 3.8) is 0 Å². The summed E-state index contributed by atoms with van der Waals surface area (Å²) in [5.74, 6) is -7.72. The minimum absolute atomic E-state index is 0.147. The van der Waals surface area contributed by atoms with Crippen LogP contribution >= 0.6 is 0 Å². The third-order valence-corrected chi connectivity index (χ3v) is 11.7. The number of aromatic hydroxyl groups is 1. The summed E-state index contributed by atoms with van der Waals surface area (Å²) < 4.78 is 44.6. The molecule has 8 rings (SSSR count). The molecule has 0 bridgehead atoms. The number of halogens is 3. The summed E-state index contributed by atoms with van der Waals surface area (Å²) in [5.41, 5.74) is 8.55. The number of phenols is 1. The number of rotatable bonds is 8. The van der Waals surface area contributed by atoms with Crippen LogP contribution in [0.3, 0.4) is 0 Å². The van der Waals surface area contributed by atoms with Crippen molar-refractivity contribution in [2.45, 2.75) is 63.7 Å². The summed E-state index contributed by atoms with van der Waals surface area (Å²) in [6.45, 7) is 5.22. The van der Waals surface area contributed by atoms with Gasteiger partial charge in [-0.1, -0.05) is 12.1 Å². The van der Waals surface area contributed by atoms with E-state index in [-0.39, 0.29) is 30.5 Å². The molecule has 3 aliphatic heterocycles. The van der Waals surface area contributed by atoms with Crippen LogP contribution in [0.2, 0.25) is 0 Å². The average Bonchev–Trinajstić information content (AvgIpc) is 3.72. The Balaban J connectivity index is 0.817. The third-order valence-electron chi connectivity index (χ3n) is 11.7. The van der Waals surface area contributed by atoms with E-state index in [1.807, 2.05) is 18.2 Å². The monoisotopic (exact) mass is 760 g/mol. The van der Waals surface area contributed by atoms with Crippen LogP contribution in [-0.2, 0) is 29.7 Å². The predicted octanol–water partition coefficient (Wildman–Crippen LogP) is 3.89. The highest BCUT2D eigenvalue weighted by atomic mass is 19.2. The molecule has 1 saturated carbocycles. The zero-order valence-corrected chi connectivity index (χ0v) is 30.4. The molecule has 3 aromatic carbocycles. The number of carbonyl (C=O) groups is 3. The molecular weight excluding hydrogens is 717 g/mol. The highest BCUT2D eigenvalue weighted by Crippen LogP contribution is 2.36. The number of anilines is 2. The van der Waals surface area contributed by atoms with Crippen molar-refractivity contribution < 1.29 is 32.7 Å². The quantitative estimate of drug-likeness (QED) is 0.155. The predicted molar refractivity (Wildman–Crippen MR) is 198 cm³/mol. The van der Waals surface area contributed by atoms with E-state index in [2.05, 4.69) is 49.1 Å². The van der Waals surface area contributed by atoms with Crippen molar-refractivity contribution in [1.29, 1.82) is 0 Å². The number of amides is 3. The van der Waals surface area contributed by atoms with Crippen LogP contribution in [0.5, 0.6) is 5.75 Å². The Morgan fingerprint density at radius 2 is 1.67 bits per heavy atom. The van der Waals surface area contributed by atoms with Crippen LogP contribution in [-0.4, -0.2) is 80.6 Å². The van der Waals surface area contributed by atoms with Gasteiger partial charge in [0.05, 0.1) is 22.3 Å². The largest absolute Gasteiger partial charge is 0.503 e. The second kappa shape index (κ2) is 14.7. The maximum Gasteiger partial charge on any atom is 0.329 e. The lowest BCUT2D eigenvalue weighted by Crippen LogP contribution is -2.46. The number of carbonyl (C=O) groups excluding carboxylic acids is 3. The number of piperidine rings is 1. The average molecular weight is 761 g/mol. The minimum Gasteiger partial charge on any atom is -0.503 e. The fraction of sp³-hybridized carbons (Fsp3) is 0.436. The third kappa shape index (κ3) is 7.04. The first-order valence-electron chi connectivity index (χ1n) is 18.8. The van der Waals surface area contributed by atoms with E-state index in [1.54, 1.807) is 11.6 Å². The van der Waals surface area contributed by atoms with Crippen LogP contribution in [0.25, 0.3) is 11.0 Å². The van der Waals surface area contributed by atoms with Crippen molar-refractivity contribution in [3.05, 3.63) is 87.1 Å². The number of aromatic nitrogens is 2. The van der Waals surface area contributed by atoms with Gasteiger partial charge in [-0.05, 0) is 79.5 Å². The molecule has 1 atom stereocenters. The number of fused-ring (bicyclic) bond motifs is 2. The Morgan fingerprint density at radius 1 is 0.909 bits per heavy atom. The molecule has 0 radical (unpaired) electrons.